The lowest BCUT2D eigenvalue weighted by Crippen LogP contribution is -2.10. The number of nitrogens with zero attached hydrogens (tertiary/aromatic N) is 3. The van der Waals surface area contributed by atoms with Gasteiger partial charge in [0.05, 0.1) is 26.7 Å². The number of halogens is 2. The fourth-order valence-corrected chi connectivity index (χ4v) is 3.60. The van der Waals surface area contributed by atoms with Gasteiger partial charge in [0, 0.05) is 27.6 Å². The number of aromatic nitrogens is 4. The number of anilines is 1. The van der Waals surface area contributed by atoms with Gasteiger partial charge < -0.3 is 10.3 Å². The van der Waals surface area contributed by atoms with E-state index < -0.39 is 0 Å². The summed E-state index contributed by atoms with van der Waals surface area (Å²) in [4.78, 5) is 19.9. The predicted octanol–water partition coefficient (Wildman–Crippen LogP) is 3.85. The monoisotopic (exact) mass is 507 g/mol. The third-order valence-corrected chi connectivity index (χ3v) is 5.13. The first-order chi connectivity index (χ1) is 12.1. The maximum Gasteiger partial charge on any atom is 0.258 e. The van der Waals surface area contributed by atoms with E-state index in [-0.39, 0.29) is 5.56 Å². The Labute approximate surface area is 164 Å². The average Bonchev–Trinajstić information content (AvgIpc) is 2.63. The molecule has 0 bridgehead atoms. The first-order valence-corrected chi connectivity index (χ1v) is 9.31. The van der Waals surface area contributed by atoms with Gasteiger partial charge in [-0.15, -0.1) is 0 Å². The SMILES string of the molecule is O=c1[nH]cc(I)c2nc(NCc3cccnn3)c3ccc(Br)cc3c12. The Kier molecular flexibility index (Phi) is 4.38. The Balaban J connectivity index is 1.94. The zero-order valence-electron chi connectivity index (χ0n) is 12.8. The van der Waals surface area contributed by atoms with Crippen molar-refractivity contribution in [3.8, 4) is 0 Å². The molecule has 0 aliphatic carbocycles. The number of hydrogen-bond acceptors (Lipinski definition) is 5. The van der Waals surface area contributed by atoms with Gasteiger partial charge in [-0.3, -0.25) is 4.79 Å². The van der Waals surface area contributed by atoms with Crippen LogP contribution in [0.25, 0.3) is 21.7 Å². The third kappa shape index (κ3) is 3.11. The quantitative estimate of drug-likeness (QED) is 0.325. The minimum absolute atomic E-state index is 0.147. The Morgan fingerprint density at radius 1 is 1.24 bits per heavy atom. The summed E-state index contributed by atoms with van der Waals surface area (Å²) < 4.78 is 1.79. The van der Waals surface area contributed by atoms with E-state index in [1.807, 2.05) is 30.3 Å². The van der Waals surface area contributed by atoms with Crippen LogP contribution >= 0.6 is 38.5 Å². The van der Waals surface area contributed by atoms with Crippen molar-refractivity contribution >= 4 is 66.0 Å². The van der Waals surface area contributed by atoms with Crippen LogP contribution in [-0.2, 0) is 6.54 Å². The molecule has 4 aromatic rings. The van der Waals surface area contributed by atoms with Gasteiger partial charge in [-0.1, -0.05) is 15.9 Å². The fourth-order valence-electron chi connectivity index (χ4n) is 2.69. The minimum atomic E-state index is -0.147. The van der Waals surface area contributed by atoms with Crippen molar-refractivity contribution in [3.05, 3.63) is 66.8 Å². The van der Waals surface area contributed by atoms with Crippen LogP contribution in [0.1, 0.15) is 5.69 Å². The largest absolute Gasteiger partial charge is 0.364 e. The first kappa shape index (κ1) is 16.4. The van der Waals surface area contributed by atoms with Gasteiger partial charge in [0.15, 0.2) is 0 Å². The van der Waals surface area contributed by atoms with Crippen LogP contribution in [0.3, 0.4) is 0 Å². The molecule has 8 heteroatoms. The molecule has 0 unspecified atom stereocenters. The summed E-state index contributed by atoms with van der Waals surface area (Å²) in [5.41, 5.74) is 1.35. The second-order valence-electron chi connectivity index (χ2n) is 5.41. The standard InChI is InChI=1S/C17H11BrIN5O/c18-9-3-4-11-12(6-9)14-15(13(19)8-21-17(14)25)23-16(11)20-7-10-2-1-5-22-24-10/h1-6,8H,7H2,(H,20,23)(H,21,25). The second-order valence-corrected chi connectivity index (χ2v) is 7.49. The van der Waals surface area contributed by atoms with E-state index in [2.05, 4.69) is 59.0 Å². The van der Waals surface area contributed by atoms with Crippen LogP contribution < -0.4 is 10.9 Å². The molecule has 0 atom stereocenters. The lowest BCUT2D eigenvalue weighted by Gasteiger charge is -2.12. The van der Waals surface area contributed by atoms with Crippen molar-refractivity contribution in [3.63, 3.8) is 0 Å². The van der Waals surface area contributed by atoms with Crippen LogP contribution in [0.15, 0.2) is 52.0 Å². The molecule has 6 nitrogen and oxygen atoms in total. The van der Waals surface area contributed by atoms with Gasteiger partial charge >= 0.3 is 0 Å². The van der Waals surface area contributed by atoms with Crippen molar-refractivity contribution in [2.24, 2.45) is 0 Å². The van der Waals surface area contributed by atoms with E-state index in [9.17, 15) is 4.79 Å². The summed E-state index contributed by atoms with van der Waals surface area (Å²) in [5, 5.41) is 13.6. The zero-order valence-corrected chi connectivity index (χ0v) is 16.5. The number of hydrogen-bond donors (Lipinski definition) is 2. The molecule has 0 radical (unpaired) electrons. The van der Waals surface area contributed by atoms with Crippen LogP contribution in [0.5, 0.6) is 0 Å². The molecule has 25 heavy (non-hydrogen) atoms. The summed E-state index contributed by atoms with van der Waals surface area (Å²) in [6.45, 7) is 0.497. The molecule has 1 aromatic carbocycles. The maximum absolute atomic E-state index is 12.4. The Morgan fingerprint density at radius 3 is 2.92 bits per heavy atom. The van der Waals surface area contributed by atoms with Crippen molar-refractivity contribution in [2.75, 3.05) is 5.32 Å². The number of pyridine rings is 2. The van der Waals surface area contributed by atoms with Gasteiger partial charge in [-0.2, -0.15) is 10.2 Å². The Hall–Kier alpha value is -2.07. The molecule has 3 aromatic heterocycles. The summed E-state index contributed by atoms with van der Waals surface area (Å²) in [7, 11) is 0. The molecule has 0 spiro atoms. The van der Waals surface area contributed by atoms with E-state index in [0.717, 1.165) is 24.5 Å². The predicted molar refractivity (Wildman–Crippen MR) is 110 cm³/mol. The molecular formula is C17H11BrIN5O. The van der Waals surface area contributed by atoms with Crippen molar-refractivity contribution in [1.82, 2.24) is 20.2 Å². The smallest absolute Gasteiger partial charge is 0.258 e. The van der Waals surface area contributed by atoms with E-state index in [0.29, 0.717) is 23.3 Å². The summed E-state index contributed by atoms with van der Waals surface area (Å²) in [5.74, 6) is 0.712. The minimum Gasteiger partial charge on any atom is -0.364 e. The Bertz CT molecular complexity index is 1150. The summed E-state index contributed by atoms with van der Waals surface area (Å²) in [6, 6.07) is 9.57. The normalized spacial score (nSPS) is 11.1. The number of aromatic amines is 1. The number of benzene rings is 1. The molecule has 0 aliphatic rings. The number of rotatable bonds is 3. The second kappa shape index (κ2) is 6.68. The summed E-state index contributed by atoms with van der Waals surface area (Å²) in [6.07, 6.45) is 3.31. The molecular weight excluding hydrogens is 497 g/mol. The van der Waals surface area contributed by atoms with Crippen LogP contribution in [-0.4, -0.2) is 20.2 Å². The van der Waals surface area contributed by atoms with Gasteiger partial charge in [0.25, 0.3) is 5.56 Å². The lowest BCUT2D eigenvalue weighted by atomic mass is 10.1. The highest BCUT2D eigenvalue weighted by Crippen LogP contribution is 2.31. The van der Waals surface area contributed by atoms with E-state index >= 15 is 0 Å². The molecule has 2 N–H and O–H groups in total. The van der Waals surface area contributed by atoms with Crippen LogP contribution in [0.4, 0.5) is 5.82 Å². The molecule has 124 valence electrons. The van der Waals surface area contributed by atoms with E-state index in [1.54, 1.807) is 12.4 Å². The highest BCUT2D eigenvalue weighted by Gasteiger charge is 2.14. The van der Waals surface area contributed by atoms with Gasteiger partial charge in [0.1, 0.15) is 5.82 Å². The molecule has 3 heterocycles. The van der Waals surface area contributed by atoms with Gasteiger partial charge in [0.2, 0.25) is 0 Å². The van der Waals surface area contributed by atoms with E-state index in [1.165, 1.54) is 0 Å². The molecule has 0 saturated carbocycles. The number of nitrogens with one attached hydrogen (secondary N) is 2. The van der Waals surface area contributed by atoms with Gasteiger partial charge in [-0.05, 0) is 52.9 Å². The third-order valence-electron chi connectivity index (χ3n) is 3.81. The van der Waals surface area contributed by atoms with Crippen molar-refractivity contribution < 1.29 is 0 Å². The van der Waals surface area contributed by atoms with Crippen LogP contribution in [0, 0.1) is 3.57 Å². The maximum atomic E-state index is 12.4. The highest BCUT2D eigenvalue weighted by molar-refractivity contribution is 14.1. The average molecular weight is 508 g/mol. The number of fused-ring (bicyclic) bond motifs is 3. The number of H-pyrrole nitrogens is 1. The van der Waals surface area contributed by atoms with Crippen molar-refractivity contribution in [1.29, 1.82) is 0 Å². The van der Waals surface area contributed by atoms with Crippen LogP contribution in [0.2, 0.25) is 0 Å². The molecule has 0 aliphatic heterocycles. The van der Waals surface area contributed by atoms with E-state index in [4.69, 9.17) is 4.98 Å². The highest BCUT2D eigenvalue weighted by atomic mass is 127. The first-order valence-electron chi connectivity index (χ1n) is 7.44. The van der Waals surface area contributed by atoms with Crippen molar-refractivity contribution in [2.45, 2.75) is 6.54 Å². The lowest BCUT2D eigenvalue weighted by molar-refractivity contribution is 0.922. The molecule has 0 saturated heterocycles. The molecule has 0 fully saturated rings. The molecule has 0 amide bonds. The Morgan fingerprint density at radius 2 is 2.12 bits per heavy atom. The topological polar surface area (TPSA) is 83.6 Å². The zero-order chi connectivity index (χ0) is 17.4. The van der Waals surface area contributed by atoms with Gasteiger partial charge in [-0.25, -0.2) is 4.98 Å². The molecule has 4 rings (SSSR count). The summed E-state index contributed by atoms with van der Waals surface area (Å²) >= 11 is 5.67. The fraction of sp³-hybridized carbons (Fsp3) is 0.0588.